The standard InChI is InChI=1S/C22H25N5O2/c1-16-7-8-27-21(13-16)19(15-24-27)22(29)23-14-18-5-3-4-6-20(18)26-11-9-25(10-12-26)17(2)28/h3-8,13,15H,9-12,14H2,1-2H3,(H,23,29). The number of hydrogen-bond acceptors (Lipinski definition) is 4. The Morgan fingerprint density at radius 2 is 1.86 bits per heavy atom. The number of aromatic nitrogens is 2. The second kappa shape index (κ2) is 7.95. The van der Waals surface area contributed by atoms with E-state index in [2.05, 4.69) is 21.4 Å². The van der Waals surface area contributed by atoms with Crippen LogP contribution < -0.4 is 10.2 Å². The Kier molecular flexibility index (Phi) is 5.20. The van der Waals surface area contributed by atoms with Gasteiger partial charge in [0.25, 0.3) is 5.91 Å². The lowest BCUT2D eigenvalue weighted by Gasteiger charge is -2.36. The summed E-state index contributed by atoms with van der Waals surface area (Å²) in [4.78, 5) is 28.5. The van der Waals surface area contributed by atoms with E-state index in [9.17, 15) is 9.59 Å². The van der Waals surface area contributed by atoms with Crippen LogP contribution in [0.1, 0.15) is 28.4 Å². The Labute approximate surface area is 169 Å². The van der Waals surface area contributed by atoms with Gasteiger partial charge in [0.15, 0.2) is 0 Å². The van der Waals surface area contributed by atoms with Crippen LogP contribution in [0.4, 0.5) is 5.69 Å². The molecule has 1 aromatic carbocycles. The third kappa shape index (κ3) is 3.94. The number of piperazine rings is 1. The Hall–Kier alpha value is -3.35. The molecule has 29 heavy (non-hydrogen) atoms. The number of anilines is 1. The van der Waals surface area contributed by atoms with Crippen LogP contribution in [0.25, 0.3) is 5.52 Å². The summed E-state index contributed by atoms with van der Waals surface area (Å²) in [5, 5.41) is 7.30. The molecular formula is C22H25N5O2. The maximum Gasteiger partial charge on any atom is 0.255 e. The summed E-state index contributed by atoms with van der Waals surface area (Å²) in [6.07, 6.45) is 3.47. The van der Waals surface area contributed by atoms with Crippen molar-refractivity contribution in [1.29, 1.82) is 0 Å². The number of para-hydroxylation sites is 1. The highest BCUT2D eigenvalue weighted by Crippen LogP contribution is 2.22. The molecule has 0 saturated carbocycles. The lowest BCUT2D eigenvalue weighted by atomic mass is 10.1. The van der Waals surface area contributed by atoms with Crippen molar-refractivity contribution < 1.29 is 9.59 Å². The Bertz CT molecular complexity index is 1050. The second-order valence-corrected chi connectivity index (χ2v) is 7.40. The van der Waals surface area contributed by atoms with Crippen LogP contribution in [-0.4, -0.2) is 52.5 Å². The summed E-state index contributed by atoms with van der Waals surface area (Å²) >= 11 is 0. The third-order valence-corrected chi connectivity index (χ3v) is 5.42. The van der Waals surface area contributed by atoms with Gasteiger partial charge in [0, 0.05) is 51.5 Å². The number of nitrogens with one attached hydrogen (secondary N) is 1. The number of rotatable bonds is 4. The molecule has 1 fully saturated rings. The molecule has 2 amide bonds. The van der Waals surface area contributed by atoms with Gasteiger partial charge in [-0.1, -0.05) is 18.2 Å². The number of carbonyl (C=O) groups is 2. The van der Waals surface area contributed by atoms with Crippen molar-refractivity contribution in [3.8, 4) is 0 Å². The van der Waals surface area contributed by atoms with Crippen molar-refractivity contribution in [1.82, 2.24) is 19.8 Å². The van der Waals surface area contributed by atoms with Crippen LogP contribution >= 0.6 is 0 Å². The lowest BCUT2D eigenvalue weighted by molar-refractivity contribution is -0.129. The summed E-state index contributed by atoms with van der Waals surface area (Å²) in [6, 6.07) is 12.0. The van der Waals surface area contributed by atoms with Crippen molar-refractivity contribution in [3.63, 3.8) is 0 Å². The SMILES string of the molecule is CC(=O)N1CCN(c2ccccc2CNC(=O)c2cnn3ccc(C)cc23)CC1. The minimum atomic E-state index is -0.137. The lowest BCUT2D eigenvalue weighted by Crippen LogP contribution is -2.48. The van der Waals surface area contributed by atoms with Crippen molar-refractivity contribution >= 4 is 23.0 Å². The molecule has 150 valence electrons. The molecule has 0 aliphatic carbocycles. The molecule has 1 aliphatic heterocycles. The van der Waals surface area contributed by atoms with Crippen molar-refractivity contribution in [2.45, 2.75) is 20.4 Å². The molecule has 2 aromatic heterocycles. The van der Waals surface area contributed by atoms with Crippen molar-refractivity contribution in [2.75, 3.05) is 31.1 Å². The molecule has 0 spiro atoms. The first-order chi connectivity index (χ1) is 14.0. The van der Waals surface area contributed by atoms with Crippen molar-refractivity contribution in [2.24, 2.45) is 0 Å². The van der Waals surface area contributed by atoms with Gasteiger partial charge < -0.3 is 15.1 Å². The van der Waals surface area contributed by atoms with Gasteiger partial charge in [0.05, 0.1) is 17.3 Å². The highest BCUT2D eigenvalue weighted by Gasteiger charge is 2.21. The van der Waals surface area contributed by atoms with E-state index in [1.54, 1.807) is 17.6 Å². The van der Waals surface area contributed by atoms with Gasteiger partial charge in [-0.3, -0.25) is 9.59 Å². The van der Waals surface area contributed by atoms with Crippen LogP contribution in [0.5, 0.6) is 0 Å². The van der Waals surface area contributed by atoms with Gasteiger partial charge in [-0.05, 0) is 36.2 Å². The quantitative estimate of drug-likeness (QED) is 0.741. The van der Waals surface area contributed by atoms with Crippen LogP contribution in [0.15, 0.2) is 48.8 Å². The van der Waals surface area contributed by atoms with Gasteiger partial charge in [0.2, 0.25) is 5.91 Å². The van der Waals surface area contributed by atoms with Crippen LogP contribution in [0, 0.1) is 6.92 Å². The van der Waals surface area contributed by atoms with E-state index < -0.39 is 0 Å². The molecule has 1 aliphatic rings. The van der Waals surface area contributed by atoms with Gasteiger partial charge in [-0.2, -0.15) is 5.10 Å². The molecule has 1 N–H and O–H groups in total. The van der Waals surface area contributed by atoms with E-state index >= 15 is 0 Å². The molecule has 4 rings (SSSR count). The predicted octanol–water partition coefficient (Wildman–Crippen LogP) is 2.24. The van der Waals surface area contributed by atoms with Crippen LogP contribution in [0.3, 0.4) is 0 Å². The average Bonchev–Trinajstić information content (AvgIpc) is 3.15. The highest BCUT2D eigenvalue weighted by molar-refractivity contribution is 6.00. The molecule has 0 atom stereocenters. The molecule has 0 bridgehead atoms. The topological polar surface area (TPSA) is 70.0 Å². The fraction of sp³-hybridized carbons (Fsp3) is 0.318. The maximum absolute atomic E-state index is 12.8. The summed E-state index contributed by atoms with van der Waals surface area (Å²) in [5.41, 5.74) is 4.62. The Morgan fingerprint density at radius 3 is 2.62 bits per heavy atom. The molecule has 1 saturated heterocycles. The molecule has 7 heteroatoms. The summed E-state index contributed by atoms with van der Waals surface area (Å²) in [6.45, 7) is 7.06. The Balaban J connectivity index is 1.47. The average molecular weight is 391 g/mol. The number of amides is 2. The highest BCUT2D eigenvalue weighted by atomic mass is 16.2. The summed E-state index contributed by atoms with van der Waals surface area (Å²) in [5.74, 6) is -0.0179. The van der Waals surface area contributed by atoms with E-state index in [-0.39, 0.29) is 11.8 Å². The van der Waals surface area contributed by atoms with Gasteiger partial charge in [0.1, 0.15) is 0 Å². The molecule has 0 radical (unpaired) electrons. The fourth-order valence-electron chi connectivity index (χ4n) is 3.76. The van der Waals surface area contributed by atoms with Crippen molar-refractivity contribution in [3.05, 3.63) is 65.5 Å². The van der Waals surface area contributed by atoms with Crippen LogP contribution in [0.2, 0.25) is 0 Å². The molecule has 0 unspecified atom stereocenters. The molecule has 3 aromatic rings. The normalized spacial score (nSPS) is 14.3. The smallest absolute Gasteiger partial charge is 0.255 e. The van der Waals surface area contributed by atoms with E-state index in [4.69, 9.17) is 0 Å². The molecule has 3 heterocycles. The first kappa shape index (κ1) is 19.0. The largest absolute Gasteiger partial charge is 0.368 e. The number of benzene rings is 1. The number of aryl methyl sites for hydroxylation is 1. The maximum atomic E-state index is 12.8. The number of pyridine rings is 1. The number of carbonyl (C=O) groups excluding carboxylic acids is 2. The van der Waals surface area contributed by atoms with Gasteiger partial charge in [-0.25, -0.2) is 4.52 Å². The zero-order valence-electron chi connectivity index (χ0n) is 16.8. The van der Waals surface area contributed by atoms with E-state index in [0.29, 0.717) is 12.1 Å². The third-order valence-electron chi connectivity index (χ3n) is 5.42. The first-order valence-electron chi connectivity index (χ1n) is 9.83. The van der Waals surface area contributed by atoms with Crippen LogP contribution in [-0.2, 0) is 11.3 Å². The first-order valence-corrected chi connectivity index (χ1v) is 9.83. The number of nitrogens with zero attached hydrogens (tertiary/aromatic N) is 4. The van der Waals surface area contributed by atoms with Gasteiger partial charge in [-0.15, -0.1) is 0 Å². The monoisotopic (exact) mass is 391 g/mol. The van der Waals surface area contributed by atoms with E-state index in [0.717, 1.165) is 48.5 Å². The number of fused-ring (bicyclic) bond motifs is 1. The zero-order valence-corrected chi connectivity index (χ0v) is 16.8. The molecule has 7 nitrogen and oxygen atoms in total. The van der Waals surface area contributed by atoms with Gasteiger partial charge >= 0.3 is 0 Å². The minimum Gasteiger partial charge on any atom is -0.368 e. The summed E-state index contributed by atoms with van der Waals surface area (Å²) in [7, 11) is 0. The predicted molar refractivity (Wildman–Crippen MR) is 112 cm³/mol. The minimum absolute atomic E-state index is 0.119. The fourth-order valence-corrected chi connectivity index (χ4v) is 3.76. The number of hydrogen-bond donors (Lipinski definition) is 1. The molecular weight excluding hydrogens is 366 g/mol. The Morgan fingerprint density at radius 1 is 1.10 bits per heavy atom. The van der Waals surface area contributed by atoms with E-state index in [1.807, 2.05) is 48.4 Å². The van der Waals surface area contributed by atoms with E-state index in [1.165, 1.54) is 0 Å². The second-order valence-electron chi connectivity index (χ2n) is 7.40. The summed E-state index contributed by atoms with van der Waals surface area (Å²) < 4.78 is 1.71. The zero-order chi connectivity index (χ0) is 20.4.